The molecule has 0 radical (unpaired) electrons. The highest BCUT2D eigenvalue weighted by Gasteiger charge is 2.06. The molecule has 90 valence electrons. The first-order valence-electron chi connectivity index (χ1n) is 5.88. The van der Waals surface area contributed by atoms with Crippen molar-refractivity contribution in [3.05, 3.63) is 29.3 Å². The molecule has 0 bridgehead atoms. The van der Waals surface area contributed by atoms with Crippen LogP contribution in [0.15, 0.2) is 18.2 Å². The molecule has 1 unspecified atom stereocenters. The van der Waals surface area contributed by atoms with E-state index in [0.717, 1.165) is 5.75 Å². The van der Waals surface area contributed by atoms with Gasteiger partial charge >= 0.3 is 0 Å². The van der Waals surface area contributed by atoms with Crippen LogP contribution >= 0.6 is 0 Å². The second-order valence-electron chi connectivity index (χ2n) is 4.77. The lowest BCUT2D eigenvalue weighted by atomic mass is 9.98. The van der Waals surface area contributed by atoms with E-state index in [1.807, 2.05) is 13.0 Å². The van der Waals surface area contributed by atoms with Crippen LogP contribution in [0.25, 0.3) is 0 Å². The molecule has 2 nitrogen and oxygen atoms in total. The Balaban J connectivity index is 2.66. The summed E-state index contributed by atoms with van der Waals surface area (Å²) in [6, 6.07) is 6.20. The van der Waals surface area contributed by atoms with Crippen molar-refractivity contribution in [2.75, 3.05) is 13.2 Å². The summed E-state index contributed by atoms with van der Waals surface area (Å²) in [5.41, 5.74) is 2.63. The fraction of sp³-hybridized carbons (Fsp3) is 0.571. The predicted octanol–water partition coefficient (Wildman–Crippen LogP) is 3.13. The molecule has 1 N–H and O–H groups in total. The van der Waals surface area contributed by atoms with Gasteiger partial charge in [-0.3, -0.25) is 0 Å². The monoisotopic (exact) mass is 222 g/mol. The Morgan fingerprint density at radius 2 is 1.94 bits per heavy atom. The van der Waals surface area contributed by atoms with Gasteiger partial charge in [0.25, 0.3) is 0 Å². The van der Waals surface area contributed by atoms with Crippen LogP contribution in [0, 0.1) is 12.8 Å². The van der Waals surface area contributed by atoms with Crippen LogP contribution < -0.4 is 4.74 Å². The van der Waals surface area contributed by atoms with Crippen molar-refractivity contribution in [2.45, 2.75) is 33.6 Å². The molecule has 0 spiro atoms. The molecule has 1 atom stereocenters. The molecule has 0 fully saturated rings. The van der Waals surface area contributed by atoms with Gasteiger partial charge in [-0.15, -0.1) is 0 Å². The van der Waals surface area contributed by atoms with E-state index >= 15 is 0 Å². The fourth-order valence-corrected chi connectivity index (χ4v) is 1.68. The third-order valence-corrected chi connectivity index (χ3v) is 2.71. The van der Waals surface area contributed by atoms with E-state index in [0.29, 0.717) is 12.5 Å². The van der Waals surface area contributed by atoms with E-state index in [9.17, 15) is 0 Å². The zero-order chi connectivity index (χ0) is 12.1. The topological polar surface area (TPSA) is 29.5 Å². The second kappa shape index (κ2) is 5.90. The highest BCUT2D eigenvalue weighted by molar-refractivity contribution is 5.36. The Bertz CT molecular complexity index is 332. The lowest BCUT2D eigenvalue weighted by Crippen LogP contribution is -2.12. The normalized spacial score (nSPS) is 12.9. The Morgan fingerprint density at radius 3 is 2.44 bits per heavy atom. The van der Waals surface area contributed by atoms with E-state index < -0.39 is 0 Å². The molecule has 16 heavy (non-hydrogen) atoms. The Morgan fingerprint density at radius 1 is 1.25 bits per heavy atom. The van der Waals surface area contributed by atoms with Gasteiger partial charge in [-0.25, -0.2) is 0 Å². The van der Waals surface area contributed by atoms with Crippen LogP contribution in [0.2, 0.25) is 0 Å². The van der Waals surface area contributed by atoms with Crippen LogP contribution in [0.1, 0.15) is 37.8 Å². The molecule has 0 saturated heterocycles. The third-order valence-electron chi connectivity index (χ3n) is 2.71. The summed E-state index contributed by atoms with van der Waals surface area (Å²) in [5.74, 6) is 1.62. The van der Waals surface area contributed by atoms with Crippen LogP contribution in [0.4, 0.5) is 0 Å². The summed E-state index contributed by atoms with van der Waals surface area (Å²) >= 11 is 0. The van der Waals surface area contributed by atoms with Crippen molar-refractivity contribution in [1.29, 1.82) is 0 Å². The van der Waals surface area contributed by atoms with Gasteiger partial charge in [0, 0.05) is 12.5 Å². The Hall–Kier alpha value is -1.02. The largest absolute Gasteiger partial charge is 0.493 e. The van der Waals surface area contributed by atoms with Crippen molar-refractivity contribution < 1.29 is 9.84 Å². The SMILES string of the molecule is Cc1cc(OCC(C)CO)ccc1C(C)C. The average molecular weight is 222 g/mol. The van der Waals surface area contributed by atoms with Gasteiger partial charge in [0.05, 0.1) is 6.61 Å². The van der Waals surface area contributed by atoms with Gasteiger partial charge < -0.3 is 9.84 Å². The van der Waals surface area contributed by atoms with Crippen molar-refractivity contribution in [3.8, 4) is 5.75 Å². The van der Waals surface area contributed by atoms with Crippen molar-refractivity contribution >= 4 is 0 Å². The average Bonchev–Trinajstić information content (AvgIpc) is 2.25. The Kier molecular flexibility index (Phi) is 4.81. The van der Waals surface area contributed by atoms with Crippen LogP contribution in [-0.2, 0) is 0 Å². The minimum absolute atomic E-state index is 0.170. The van der Waals surface area contributed by atoms with E-state index in [2.05, 4.69) is 32.9 Å². The summed E-state index contributed by atoms with van der Waals surface area (Å²) in [6.45, 7) is 9.19. The minimum Gasteiger partial charge on any atom is -0.493 e. The standard InChI is InChI=1S/C14H22O2/c1-10(2)14-6-5-13(7-12(14)4)16-9-11(3)8-15/h5-7,10-11,15H,8-9H2,1-4H3. The molecule has 0 aliphatic heterocycles. The van der Waals surface area contributed by atoms with Crippen molar-refractivity contribution in [3.63, 3.8) is 0 Å². The first-order valence-corrected chi connectivity index (χ1v) is 5.88. The number of benzene rings is 1. The van der Waals surface area contributed by atoms with Gasteiger partial charge in [0.15, 0.2) is 0 Å². The first kappa shape index (κ1) is 13.0. The first-order chi connectivity index (χ1) is 7.54. The molecule has 1 aromatic rings. The minimum atomic E-state index is 0.170. The number of aliphatic hydroxyl groups is 1. The molecule has 0 heterocycles. The molecule has 2 heteroatoms. The smallest absolute Gasteiger partial charge is 0.119 e. The van der Waals surface area contributed by atoms with E-state index in [1.54, 1.807) is 0 Å². The van der Waals surface area contributed by atoms with Gasteiger partial charge in [-0.05, 0) is 36.1 Å². The van der Waals surface area contributed by atoms with Gasteiger partial charge in [0.1, 0.15) is 5.75 Å². The maximum atomic E-state index is 8.90. The Labute approximate surface area is 98.3 Å². The molecule has 1 rings (SSSR count). The fourth-order valence-electron chi connectivity index (χ4n) is 1.68. The summed E-state index contributed by atoms with van der Waals surface area (Å²) in [6.07, 6.45) is 0. The highest BCUT2D eigenvalue weighted by Crippen LogP contribution is 2.23. The molecule has 0 aliphatic carbocycles. The second-order valence-corrected chi connectivity index (χ2v) is 4.77. The van der Waals surface area contributed by atoms with Gasteiger partial charge in [0.2, 0.25) is 0 Å². The maximum Gasteiger partial charge on any atom is 0.119 e. The highest BCUT2D eigenvalue weighted by atomic mass is 16.5. The van der Waals surface area contributed by atoms with Crippen molar-refractivity contribution in [2.24, 2.45) is 5.92 Å². The number of hydrogen-bond donors (Lipinski definition) is 1. The maximum absolute atomic E-state index is 8.90. The number of ether oxygens (including phenoxy) is 1. The zero-order valence-electron chi connectivity index (χ0n) is 10.7. The number of aliphatic hydroxyl groups excluding tert-OH is 1. The number of hydrogen-bond acceptors (Lipinski definition) is 2. The number of rotatable bonds is 5. The van der Waals surface area contributed by atoms with E-state index in [1.165, 1.54) is 11.1 Å². The summed E-state index contributed by atoms with van der Waals surface area (Å²) < 4.78 is 5.61. The molecular weight excluding hydrogens is 200 g/mol. The predicted molar refractivity (Wildman–Crippen MR) is 67.0 cm³/mol. The lowest BCUT2D eigenvalue weighted by Gasteiger charge is -2.14. The van der Waals surface area contributed by atoms with Crippen LogP contribution in [-0.4, -0.2) is 18.3 Å². The summed E-state index contributed by atoms with van der Waals surface area (Å²) in [4.78, 5) is 0. The summed E-state index contributed by atoms with van der Waals surface area (Å²) in [5, 5.41) is 8.90. The van der Waals surface area contributed by atoms with Gasteiger partial charge in [-0.1, -0.05) is 26.8 Å². The lowest BCUT2D eigenvalue weighted by molar-refractivity contribution is 0.174. The molecule has 1 aromatic carbocycles. The molecule has 0 amide bonds. The van der Waals surface area contributed by atoms with Crippen LogP contribution in [0.5, 0.6) is 5.75 Å². The zero-order valence-corrected chi connectivity index (χ0v) is 10.7. The van der Waals surface area contributed by atoms with E-state index in [-0.39, 0.29) is 12.5 Å². The molecule has 0 aliphatic rings. The number of aryl methyl sites for hydroxylation is 1. The van der Waals surface area contributed by atoms with Crippen molar-refractivity contribution in [1.82, 2.24) is 0 Å². The molecule has 0 saturated carbocycles. The third kappa shape index (κ3) is 3.53. The van der Waals surface area contributed by atoms with E-state index in [4.69, 9.17) is 9.84 Å². The summed E-state index contributed by atoms with van der Waals surface area (Å²) in [7, 11) is 0. The molecule has 0 aromatic heterocycles. The van der Waals surface area contributed by atoms with Crippen LogP contribution in [0.3, 0.4) is 0 Å². The quantitative estimate of drug-likeness (QED) is 0.829. The van der Waals surface area contributed by atoms with Gasteiger partial charge in [-0.2, -0.15) is 0 Å². The molecular formula is C14H22O2.